The van der Waals surface area contributed by atoms with Crippen LogP contribution < -0.4 is 4.89 Å². The number of quaternary nitrogens is 1. The van der Waals surface area contributed by atoms with Gasteiger partial charge in [0.25, 0.3) is 7.82 Å². The van der Waals surface area contributed by atoms with Crippen molar-refractivity contribution in [1.29, 1.82) is 0 Å². The zero-order valence-corrected chi connectivity index (χ0v) is 48.9. The van der Waals surface area contributed by atoms with Gasteiger partial charge in [0, 0.05) is 12.8 Å². The molecule has 0 aliphatic heterocycles. The molecule has 0 saturated carbocycles. The molecule has 74 heavy (non-hydrogen) atoms. The van der Waals surface area contributed by atoms with Gasteiger partial charge in [0.05, 0.1) is 27.7 Å². The lowest BCUT2D eigenvalue weighted by Gasteiger charge is -2.28. The Labute approximate surface area is 455 Å². The number of allylic oxidation sites excluding steroid dienone is 18. The quantitative estimate of drug-likeness (QED) is 0.0195. The number of hydrogen-bond donors (Lipinski definition) is 0. The van der Waals surface area contributed by atoms with Crippen LogP contribution in [0.1, 0.15) is 232 Å². The highest BCUT2D eigenvalue weighted by Crippen LogP contribution is 2.38. The smallest absolute Gasteiger partial charge is 0.306 e. The molecule has 0 saturated heterocycles. The molecule has 0 aromatic carbocycles. The molecule has 0 aliphatic rings. The van der Waals surface area contributed by atoms with Gasteiger partial charge >= 0.3 is 11.9 Å². The van der Waals surface area contributed by atoms with Crippen LogP contribution in [0.5, 0.6) is 0 Å². The summed E-state index contributed by atoms with van der Waals surface area (Å²) in [6.07, 6.45) is 75.5. The fourth-order valence-electron chi connectivity index (χ4n) is 7.72. The summed E-state index contributed by atoms with van der Waals surface area (Å²) in [7, 11) is 1.14. The van der Waals surface area contributed by atoms with Crippen LogP contribution in [0.15, 0.2) is 109 Å². The lowest BCUT2D eigenvalue weighted by atomic mass is 10.1. The van der Waals surface area contributed by atoms with E-state index in [-0.39, 0.29) is 26.1 Å². The van der Waals surface area contributed by atoms with Crippen LogP contribution in [0.4, 0.5) is 0 Å². The highest BCUT2D eigenvalue weighted by atomic mass is 31.2. The minimum atomic E-state index is -4.65. The fraction of sp³-hybridized carbons (Fsp3) is 0.688. The lowest BCUT2D eigenvalue weighted by Crippen LogP contribution is -2.37. The summed E-state index contributed by atoms with van der Waals surface area (Å²) in [6.45, 7) is 4.09. The molecule has 0 aliphatic carbocycles. The second-order valence-corrected chi connectivity index (χ2v) is 22.0. The summed E-state index contributed by atoms with van der Waals surface area (Å²) >= 11 is 0. The predicted molar refractivity (Wildman–Crippen MR) is 314 cm³/mol. The van der Waals surface area contributed by atoms with Gasteiger partial charge in [-0.2, -0.15) is 0 Å². The number of phosphoric ester groups is 1. The highest BCUT2D eigenvalue weighted by molar-refractivity contribution is 7.45. The van der Waals surface area contributed by atoms with Gasteiger partial charge < -0.3 is 27.9 Å². The van der Waals surface area contributed by atoms with Crippen molar-refractivity contribution in [1.82, 2.24) is 0 Å². The second kappa shape index (κ2) is 54.5. The van der Waals surface area contributed by atoms with Crippen LogP contribution in [-0.2, 0) is 32.7 Å². The van der Waals surface area contributed by atoms with E-state index < -0.39 is 32.5 Å². The summed E-state index contributed by atoms with van der Waals surface area (Å²) in [5.41, 5.74) is 0. The summed E-state index contributed by atoms with van der Waals surface area (Å²) in [4.78, 5) is 37.9. The maximum absolute atomic E-state index is 12.8. The lowest BCUT2D eigenvalue weighted by molar-refractivity contribution is -0.870. The number of phosphoric acid groups is 1. The third-order valence-corrected chi connectivity index (χ3v) is 13.2. The first-order chi connectivity index (χ1) is 36.0. The molecule has 424 valence electrons. The van der Waals surface area contributed by atoms with Crippen LogP contribution >= 0.6 is 7.82 Å². The Morgan fingerprint density at radius 3 is 1.15 bits per heavy atom. The summed E-state index contributed by atoms with van der Waals surface area (Å²) in [5.74, 6) is -0.860. The zero-order chi connectivity index (χ0) is 54.2. The van der Waals surface area contributed by atoms with E-state index >= 15 is 0 Å². The van der Waals surface area contributed by atoms with Crippen molar-refractivity contribution in [3.63, 3.8) is 0 Å². The number of hydrogen-bond acceptors (Lipinski definition) is 8. The molecule has 0 aromatic heterocycles. The van der Waals surface area contributed by atoms with Gasteiger partial charge in [0.2, 0.25) is 0 Å². The highest BCUT2D eigenvalue weighted by Gasteiger charge is 2.21. The molecule has 10 heteroatoms. The van der Waals surface area contributed by atoms with Gasteiger partial charge in [-0.25, -0.2) is 0 Å². The minimum absolute atomic E-state index is 0.0406. The van der Waals surface area contributed by atoms with Crippen molar-refractivity contribution in [2.45, 2.75) is 238 Å². The number of nitrogens with zero attached hydrogens (tertiary/aromatic N) is 1. The van der Waals surface area contributed by atoms with E-state index in [4.69, 9.17) is 18.5 Å². The van der Waals surface area contributed by atoms with Gasteiger partial charge in [0.15, 0.2) is 6.10 Å². The third kappa shape index (κ3) is 57.9. The normalized spacial score (nSPS) is 14.1. The number of ether oxygens (including phenoxy) is 2. The van der Waals surface area contributed by atoms with Crippen molar-refractivity contribution in [2.75, 3.05) is 47.5 Å². The standard InChI is InChI=1S/C64H110NO8P/c1-6-8-10-12-14-16-18-20-22-24-26-28-30-32-34-36-38-40-42-44-46-48-50-52-54-56-63(66)70-60-62(61-72-74(68,69)71-59-58-65(3,4)5)73-64(67)57-55-53-51-49-47-45-43-41-39-37-35-33-31-29-27-25-23-21-19-17-15-13-11-9-7-2/h9,11,15,17-18,20-21,23-24,26-27,29-30,32-33,35,39,41,62H,6-8,10,12-14,16,19,22,25,28,31,34,36-38,40,42-61H2,1-5H3/b11-9-,17-15-,20-18-,23-21-,26-24-,29-27-,32-30-,35-33-,41-39-. The number of unbranched alkanes of at least 4 members (excludes halogenated alkanes) is 21. The van der Waals surface area contributed by atoms with Crippen LogP contribution in [0.3, 0.4) is 0 Å². The van der Waals surface area contributed by atoms with Crippen molar-refractivity contribution < 1.29 is 42.1 Å². The summed E-state index contributed by atoms with van der Waals surface area (Å²) in [6, 6.07) is 0. The maximum Gasteiger partial charge on any atom is 0.306 e. The third-order valence-electron chi connectivity index (χ3n) is 12.3. The van der Waals surface area contributed by atoms with Crippen LogP contribution in [0.2, 0.25) is 0 Å². The SMILES string of the molecule is CC/C=C\C/C=C\C/C=C\C/C=C\C/C=C\C/C=C\CCCCCCCCC(=O)OC(COC(=O)CCCCCCCCCCCC/C=C\C/C=C\C/C=C\CCCCCCC)COP(=O)([O-])OCC[N+](C)(C)C. The molecule has 0 bridgehead atoms. The molecular formula is C64H110NO8P. The largest absolute Gasteiger partial charge is 0.756 e. The summed E-state index contributed by atoms with van der Waals surface area (Å²) in [5, 5.41) is 0. The first-order valence-electron chi connectivity index (χ1n) is 29.6. The molecule has 0 N–H and O–H groups in total. The zero-order valence-electron chi connectivity index (χ0n) is 48.0. The van der Waals surface area contributed by atoms with E-state index in [0.717, 1.165) is 122 Å². The average Bonchev–Trinajstić information content (AvgIpc) is 3.36. The number of rotatable bonds is 53. The molecule has 0 radical (unpaired) electrons. The van der Waals surface area contributed by atoms with Gasteiger partial charge in [-0.3, -0.25) is 14.2 Å². The van der Waals surface area contributed by atoms with Gasteiger partial charge in [-0.15, -0.1) is 0 Å². The molecule has 0 amide bonds. The Morgan fingerprint density at radius 2 is 0.770 bits per heavy atom. The summed E-state index contributed by atoms with van der Waals surface area (Å²) < 4.78 is 34.2. The Morgan fingerprint density at radius 1 is 0.432 bits per heavy atom. The Bertz CT molecular complexity index is 1620. The Balaban J connectivity index is 4.24. The van der Waals surface area contributed by atoms with Gasteiger partial charge in [-0.1, -0.05) is 226 Å². The first kappa shape index (κ1) is 70.7. The van der Waals surface area contributed by atoms with E-state index in [9.17, 15) is 19.0 Å². The Kier molecular flexibility index (Phi) is 52.0. The molecular weight excluding hydrogens is 942 g/mol. The molecule has 2 unspecified atom stereocenters. The van der Waals surface area contributed by atoms with Crippen molar-refractivity contribution in [2.24, 2.45) is 0 Å². The number of esters is 2. The Hall–Kier alpha value is -3.33. The molecule has 0 spiro atoms. The van der Waals surface area contributed by atoms with Crippen molar-refractivity contribution >= 4 is 19.8 Å². The fourth-order valence-corrected chi connectivity index (χ4v) is 8.45. The van der Waals surface area contributed by atoms with E-state index in [1.807, 2.05) is 21.1 Å². The first-order valence-corrected chi connectivity index (χ1v) is 31.1. The average molecular weight is 1050 g/mol. The second-order valence-electron chi connectivity index (χ2n) is 20.6. The van der Waals surface area contributed by atoms with Crippen molar-refractivity contribution in [3.8, 4) is 0 Å². The number of carbonyl (C=O) groups excluding carboxylic acids is 2. The molecule has 2 atom stereocenters. The van der Waals surface area contributed by atoms with E-state index in [2.05, 4.69) is 123 Å². The predicted octanol–water partition coefficient (Wildman–Crippen LogP) is 18.0. The topological polar surface area (TPSA) is 111 Å². The number of likely N-dealkylation sites (N-methyl/N-ethyl adjacent to an activating group) is 1. The minimum Gasteiger partial charge on any atom is -0.756 e. The van der Waals surface area contributed by atoms with Crippen LogP contribution in [0.25, 0.3) is 0 Å². The van der Waals surface area contributed by atoms with Crippen LogP contribution in [0, 0.1) is 0 Å². The van der Waals surface area contributed by atoms with E-state index in [1.54, 1.807) is 0 Å². The van der Waals surface area contributed by atoms with Crippen molar-refractivity contribution in [3.05, 3.63) is 109 Å². The van der Waals surface area contributed by atoms with Gasteiger partial charge in [-0.05, 0) is 103 Å². The van der Waals surface area contributed by atoms with Crippen LogP contribution in [-0.4, -0.2) is 70.0 Å². The molecule has 0 heterocycles. The van der Waals surface area contributed by atoms with E-state index in [0.29, 0.717) is 17.4 Å². The molecule has 0 aromatic rings. The maximum atomic E-state index is 12.8. The number of carbonyl (C=O) groups is 2. The van der Waals surface area contributed by atoms with E-state index in [1.165, 1.54) is 77.0 Å². The molecule has 9 nitrogen and oxygen atoms in total. The molecule has 0 fully saturated rings. The van der Waals surface area contributed by atoms with Gasteiger partial charge in [0.1, 0.15) is 19.8 Å². The monoisotopic (exact) mass is 1050 g/mol. The molecule has 0 rings (SSSR count).